The maximum atomic E-state index is 6.41. The Morgan fingerprint density at radius 3 is 2.71 bits per heavy atom. The molecule has 4 unspecified atom stereocenters. The number of halogens is 1. The van der Waals surface area contributed by atoms with Gasteiger partial charge in [0.1, 0.15) is 0 Å². The van der Waals surface area contributed by atoms with Gasteiger partial charge in [0, 0.05) is 11.1 Å². The summed E-state index contributed by atoms with van der Waals surface area (Å²) in [6.07, 6.45) is 6.58. The minimum atomic E-state index is 0.296. The van der Waals surface area contributed by atoms with Crippen LogP contribution in [0.5, 0.6) is 0 Å². The lowest BCUT2D eigenvalue weighted by molar-refractivity contribution is 0.280. The second-order valence-corrected chi connectivity index (χ2v) is 6.21. The van der Waals surface area contributed by atoms with Crippen LogP contribution in [0.3, 0.4) is 0 Å². The Morgan fingerprint density at radius 1 is 1.24 bits per heavy atom. The highest BCUT2D eigenvalue weighted by molar-refractivity contribution is 6.31. The summed E-state index contributed by atoms with van der Waals surface area (Å²) in [6.45, 7) is 0. The molecule has 0 radical (unpaired) electrons. The van der Waals surface area contributed by atoms with Crippen molar-refractivity contribution in [1.82, 2.24) is 0 Å². The molecule has 0 heterocycles. The standard InChI is InChI=1S/C15H20ClN/c16-14-4-2-1-3-12(14)9-15(17)13-8-10-5-6-11(13)7-10/h1-4,10-11,13,15H,5-9,17H2. The van der Waals surface area contributed by atoms with Gasteiger partial charge in [-0.1, -0.05) is 36.2 Å². The Bertz CT molecular complexity index is 404. The van der Waals surface area contributed by atoms with Crippen molar-refractivity contribution in [3.63, 3.8) is 0 Å². The molecule has 0 aliphatic heterocycles. The molecule has 0 spiro atoms. The first-order valence-electron chi connectivity index (χ1n) is 6.73. The summed E-state index contributed by atoms with van der Waals surface area (Å²) in [6, 6.07) is 8.40. The first kappa shape index (κ1) is 11.6. The van der Waals surface area contributed by atoms with Gasteiger partial charge in [-0.3, -0.25) is 0 Å². The van der Waals surface area contributed by atoms with E-state index < -0.39 is 0 Å². The molecule has 17 heavy (non-hydrogen) atoms. The average molecular weight is 250 g/mol. The molecule has 0 aromatic heterocycles. The summed E-state index contributed by atoms with van der Waals surface area (Å²) < 4.78 is 0. The van der Waals surface area contributed by atoms with E-state index in [-0.39, 0.29) is 0 Å². The summed E-state index contributed by atoms with van der Waals surface area (Å²) in [7, 11) is 0. The van der Waals surface area contributed by atoms with Crippen molar-refractivity contribution in [2.45, 2.75) is 38.1 Å². The zero-order chi connectivity index (χ0) is 11.8. The minimum absolute atomic E-state index is 0.296. The summed E-state index contributed by atoms with van der Waals surface area (Å²) in [5.41, 5.74) is 7.62. The molecule has 2 aliphatic rings. The van der Waals surface area contributed by atoms with E-state index in [1.54, 1.807) is 0 Å². The fraction of sp³-hybridized carbons (Fsp3) is 0.600. The number of hydrogen-bond donors (Lipinski definition) is 1. The van der Waals surface area contributed by atoms with Gasteiger partial charge in [-0.15, -0.1) is 0 Å². The van der Waals surface area contributed by atoms with E-state index >= 15 is 0 Å². The molecule has 2 heteroatoms. The van der Waals surface area contributed by atoms with Gasteiger partial charge >= 0.3 is 0 Å². The molecule has 3 rings (SSSR count). The van der Waals surface area contributed by atoms with Crippen molar-refractivity contribution in [3.05, 3.63) is 34.9 Å². The van der Waals surface area contributed by atoms with E-state index in [0.717, 1.165) is 29.2 Å². The van der Waals surface area contributed by atoms with E-state index in [1.165, 1.54) is 31.2 Å². The molecule has 2 fully saturated rings. The fourth-order valence-electron chi connectivity index (χ4n) is 3.89. The van der Waals surface area contributed by atoms with E-state index in [2.05, 4.69) is 12.1 Å². The largest absolute Gasteiger partial charge is 0.327 e. The fourth-order valence-corrected chi connectivity index (χ4v) is 4.10. The summed E-state index contributed by atoms with van der Waals surface area (Å²) >= 11 is 6.20. The average Bonchev–Trinajstić information content (AvgIpc) is 2.94. The van der Waals surface area contributed by atoms with Gasteiger partial charge in [0.25, 0.3) is 0 Å². The quantitative estimate of drug-likeness (QED) is 0.870. The van der Waals surface area contributed by atoms with Gasteiger partial charge < -0.3 is 5.73 Å². The van der Waals surface area contributed by atoms with Crippen molar-refractivity contribution >= 4 is 11.6 Å². The Morgan fingerprint density at radius 2 is 2.06 bits per heavy atom. The highest BCUT2D eigenvalue weighted by Gasteiger charge is 2.41. The number of rotatable bonds is 3. The molecule has 1 aromatic rings. The van der Waals surface area contributed by atoms with Crippen LogP contribution < -0.4 is 5.73 Å². The predicted octanol–water partition coefficient (Wildman–Crippen LogP) is 3.65. The number of hydrogen-bond acceptors (Lipinski definition) is 1. The van der Waals surface area contributed by atoms with Crippen LogP contribution in [0.15, 0.2) is 24.3 Å². The second-order valence-electron chi connectivity index (χ2n) is 5.80. The lowest BCUT2D eigenvalue weighted by atomic mass is 9.81. The normalized spacial score (nSPS) is 32.9. The highest BCUT2D eigenvalue weighted by Crippen LogP contribution is 2.49. The van der Waals surface area contributed by atoms with Crippen LogP contribution in [0.2, 0.25) is 5.02 Å². The first-order valence-corrected chi connectivity index (χ1v) is 7.11. The van der Waals surface area contributed by atoms with Crippen LogP contribution in [0.1, 0.15) is 31.2 Å². The van der Waals surface area contributed by atoms with Crippen LogP contribution in [-0.2, 0) is 6.42 Å². The van der Waals surface area contributed by atoms with Crippen molar-refractivity contribution in [2.75, 3.05) is 0 Å². The molecule has 0 amide bonds. The van der Waals surface area contributed by atoms with E-state index in [1.807, 2.05) is 12.1 Å². The number of nitrogens with two attached hydrogens (primary N) is 1. The summed E-state index contributed by atoms with van der Waals surface area (Å²) in [5.74, 6) is 2.62. The molecule has 4 atom stereocenters. The van der Waals surface area contributed by atoms with Crippen LogP contribution >= 0.6 is 11.6 Å². The van der Waals surface area contributed by atoms with Gasteiger partial charge in [-0.05, 0) is 55.1 Å². The molecule has 2 aliphatic carbocycles. The van der Waals surface area contributed by atoms with Crippen molar-refractivity contribution in [2.24, 2.45) is 23.5 Å². The first-order chi connectivity index (χ1) is 8.24. The summed E-state index contributed by atoms with van der Waals surface area (Å²) in [4.78, 5) is 0. The van der Waals surface area contributed by atoms with E-state index in [4.69, 9.17) is 17.3 Å². The van der Waals surface area contributed by atoms with Gasteiger partial charge in [-0.25, -0.2) is 0 Å². The zero-order valence-electron chi connectivity index (χ0n) is 10.1. The number of fused-ring (bicyclic) bond motifs is 2. The summed E-state index contributed by atoms with van der Waals surface area (Å²) in [5, 5.41) is 0.867. The molecule has 1 nitrogen and oxygen atoms in total. The van der Waals surface area contributed by atoms with Crippen LogP contribution in [0, 0.1) is 17.8 Å². The third-order valence-corrected chi connectivity index (χ3v) is 5.12. The maximum absolute atomic E-state index is 6.41. The SMILES string of the molecule is NC(Cc1ccccc1Cl)C1CC2CCC1C2. The molecule has 2 N–H and O–H groups in total. The van der Waals surface area contributed by atoms with Crippen LogP contribution in [0.4, 0.5) is 0 Å². The van der Waals surface area contributed by atoms with Crippen LogP contribution in [0.25, 0.3) is 0 Å². The van der Waals surface area contributed by atoms with E-state index in [0.29, 0.717) is 6.04 Å². The molecule has 2 saturated carbocycles. The van der Waals surface area contributed by atoms with Gasteiger partial charge in [0.05, 0.1) is 0 Å². The van der Waals surface area contributed by atoms with Crippen molar-refractivity contribution in [3.8, 4) is 0 Å². The van der Waals surface area contributed by atoms with Gasteiger partial charge in [-0.2, -0.15) is 0 Å². The van der Waals surface area contributed by atoms with Crippen molar-refractivity contribution < 1.29 is 0 Å². The van der Waals surface area contributed by atoms with Gasteiger partial charge in [0.2, 0.25) is 0 Å². The monoisotopic (exact) mass is 249 g/mol. The minimum Gasteiger partial charge on any atom is -0.327 e. The lowest BCUT2D eigenvalue weighted by Crippen LogP contribution is -2.35. The lowest BCUT2D eigenvalue weighted by Gasteiger charge is -2.28. The predicted molar refractivity (Wildman–Crippen MR) is 72.1 cm³/mol. The molecule has 2 bridgehead atoms. The Kier molecular flexibility index (Phi) is 3.14. The Hall–Kier alpha value is -0.530. The van der Waals surface area contributed by atoms with E-state index in [9.17, 15) is 0 Å². The third kappa shape index (κ3) is 2.23. The third-order valence-electron chi connectivity index (χ3n) is 4.76. The highest BCUT2D eigenvalue weighted by atomic mass is 35.5. The molecular weight excluding hydrogens is 230 g/mol. The molecule has 0 saturated heterocycles. The Balaban J connectivity index is 1.68. The molecular formula is C15H20ClN. The second kappa shape index (κ2) is 4.62. The maximum Gasteiger partial charge on any atom is 0.0438 e. The Labute approximate surface area is 108 Å². The molecule has 92 valence electrons. The van der Waals surface area contributed by atoms with Crippen molar-refractivity contribution in [1.29, 1.82) is 0 Å². The number of benzene rings is 1. The molecule has 1 aromatic carbocycles. The zero-order valence-corrected chi connectivity index (χ0v) is 10.9. The topological polar surface area (TPSA) is 26.0 Å². The van der Waals surface area contributed by atoms with Crippen LogP contribution in [-0.4, -0.2) is 6.04 Å². The van der Waals surface area contributed by atoms with Gasteiger partial charge in [0.15, 0.2) is 0 Å². The smallest absolute Gasteiger partial charge is 0.0438 e.